The van der Waals surface area contributed by atoms with Gasteiger partial charge in [0.25, 0.3) is 0 Å². The molecule has 0 atom stereocenters. The normalized spacial score (nSPS) is 11.3. The van der Waals surface area contributed by atoms with Gasteiger partial charge in [0.05, 0.1) is 37.2 Å². The molecule has 0 aliphatic rings. The van der Waals surface area contributed by atoms with E-state index in [9.17, 15) is 9.59 Å². The van der Waals surface area contributed by atoms with Gasteiger partial charge in [0.2, 0.25) is 0 Å². The molecule has 0 bridgehead atoms. The van der Waals surface area contributed by atoms with Crippen LogP contribution in [0.4, 0.5) is 0 Å². The van der Waals surface area contributed by atoms with Crippen molar-refractivity contribution in [1.29, 1.82) is 0 Å². The van der Waals surface area contributed by atoms with Gasteiger partial charge in [0.15, 0.2) is 0 Å². The Morgan fingerprint density at radius 2 is 1.66 bits per heavy atom. The number of benzene rings is 2. The molecule has 0 spiro atoms. The van der Waals surface area contributed by atoms with Crippen molar-refractivity contribution >= 4 is 34.5 Å². The van der Waals surface area contributed by atoms with E-state index in [0.717, 1.165) is 11.1 Å². The Morgan fingerprint density at radius 3 is 2.31 bits per heavy atom. The molecule has 29 heavy (non-hydrogen) atoms. The number of para-hydroxylation sites is 1. The Balaban J connectivity index is 2.20. The van der Waals surface area contributed by atoms with Crippen molar-refractivity contribution < 1.29 is 23.8 Å². The van der Waals surface area contributed by atoms with E-state index in [1.165, 1.54) is 0 Å². The lowest BCUT2D eigenvalue weighted by Gasteiger charge is -2.09. The number of nitrogens with one attached hydrogen (secondary N) is 1. The first-order chi connectivity index (χ1) is 14.1. The van der Waals surface area contributed by atoms with Crippen molar-refractivity contribution in [2.45, 2.75) is 13.8 Å². The molecule has 0 aliphatic carbocycles. The highest BCUT2D eigenvalue weighted by Crippen LogP contribution is 2.30. The average Bonchev–Trinajstić information content (AvgIpc) is 3.12. The Hall–Kier alpha value is -3.54. The number of rotatable bonds is 7. The van der Waals surface area contributed by atoms with Gasteiger partial charge in [0, 0.05) is 10.9 Å². The summed E-state index contributed by atoms with van der Waals surface area (Å²) in [6.45, 7) is 3.93. The number of carbonyl (C=O) groups is 2. The van der Waals surface area contributed by atoms with Crippen molar-refractivity contribution in [2.75, 3.05) is 20.3 Å². The number of fused-ring (bicyclic) bond motifs is 1. The van der Waals surface area contributed by atoms with Gasteiger partial charge in [-0.15, -0.1) is 0 Å². The van der Waals surface area contributed by atoms with E-state index in [-0.39, 0.29) is 18.8 Å². The van der Waals surface area contributed by atoms with Crippen LogP contribution in [0.25, 0.3) is 22.6 Å². The maximum Gasteiger partial charge on any atom is 0.340 e. The zero-order chi connectivity index (χ0) is 20.8. The molecular weight excluding hydrogens is 370 g/mol. The zero-order valence-corrected chi connectivity index (χ0v) is 16.7. The molecule has 6 nitrogen and oxygen atoms in total. The molecule has 0 fully saturated rings. The van der Waals surface area contributed by atoms with E-state index >= 15 is 0 Å². The molecule has 3 rings (SSSR count). The highest BCUT2D eigenvalue weighted by molar-refractivity contribution is 6.25. The Labute approximate surface area is 169 Å². The van der Waals surface area contributed by atoms with Crippen LogP contribution in [0.5, 0.6) is 5.75 Å². The molecule has 3 aromatic rings. The van der Waals surface area contributed by atoms with E-state index in [2.05, 4.69) is 4.98 Å². The van der Waals surface area contributed by atoms with E-state index in [1.807, 2.05) is 36.4 Å². The zero-order valence-electron chi connectivity index (χ0n) is 16.7. The summed E-state index contributed by atoms with van der Waals surface area (Å²) in [6, 6.07) is 14.6. The lowest BCUT2D eigenvalue weighted by molar-refractivity contribution is -0.136. The number of hydrogen-bond donors (Lipinski definition) is 1. The van der Waals surface area contributed by atoms with Gasteiger partial charge in [-0.25, -0.2) is 9.59 Å². The molecule has 6 heteroatoms. The summed E-state index contributed by atoms with van der Waals surface area (Å²) in [5.74, 6) is -0.317. The summed E-state index contributed by atoms with van der Waals surface area (Å²) in [7, 11) is 1.59. The third-order valence-corrected chi connectivity index (χ3v) is 4.38. The van der Waals surface area contributed by atoms with Gasteiger partial charge < -0.3 is 19.2 Å². The van der Waals surface area contributed by atoms with Crippen LogP contribution in [0.2, 0.25) is 0 Å². The minimum absolute atomic E-state index is 0.216. The SMILES string of the molecule is CCOC(=O)/C(=C\c1ccc(OC)cc1)c1[nH]c2ccccc2c1C(=O)OCC. The number of esters is 2. The minimum atomic E-state index is -0.527. The number of hydrogen-bond acceptors (Lipinski definition) is 5. The van der Waals surface area contributed by atoms with Crippen LogP contribution in [0.15, 0.2) is 48.5 Å². The summed E-state index contributed by atoms with van der Waals surface area (Å²) in [4.78, 5) is 28.7. The van der Waals surface area contributed by atoms with Gasteiger partial charge >= 0.3 is 11.9 Å². The number of H-pyrrole nitrogens is 1. The van der Waals surface area contributed by atoms with E-state index in [4.69, 9.17) is 14.2 Å². The van der Waals surface area contributed by atoms with Crippen molar-refractivity contribution in [1.82, 2.24) is 4.98 Å². The molecule has 2 aromatic carbocycles. The first-order valence-electron chi connectivity index (χ1n) is 9.40. The van der Waals surface area contributed by atoms with Crippen LogP contribution in [-0.2, 0) is 14.3 Å². The van der Waals surface area contributed by atoms with Crippen LogP contribution in [-0.4, -0.2) is 37.2 Å². The number of aromatic amines is 1. The van der Waals surface area contributed by atoms with Gasteiger partial charge in [-0.3, -0.25) is 0 Å². The van der Waals surface area contributed by atoms with Crippen LogP contribution >= 0.6 is 0 Å². The largest absolute Gasteiger partial charge is 0.497 e. The Bertz CT molecular complexity index is 1050. The first kappa shape index (κ1) is 20.2. The Morgan fingerprint density at radius 1 is 0.966 bits per heavy atom. The molecule has 0 saturated carbocycles. The highest BCUT2D eigenvalue weighted by atomic mass is 16.5. The van der Waals surface area contributed by atoms with Crippen molar-refractivity contribution in [2.24, 2.45) is 0 Å². The van der Waals surface area contributed by atoms with Gasteiger partial charge in [0.1, 0.15) is 5.75 Å². The highest BCUT2D eigenvalue weighted by Gasteiger charge is 2.26. The van der Waals surface area contributed by atoms with Crippen molar-refractivity contribution in [3.05, 3.63) is 65.4 Å². The maximum atomic E-state index is 12.8. The van der Waals surface area contributed by atoms with Crippen LogP contribution in [0, 0.1) is 0 Å². The quantitative estimate of drug-likeness (QED) is 0.474. The second-order valence-electron chi connectivity index (χ2n) is 6.19. The van der Waals surface area contributed by atoms with Crippen molar-refractivity contribution in [3.8, 4) is 5.75 Å². The molecule has 1 N–H and O–H groups in total. The third kappa shape index (κ3) is 4.32. The predicted octanol–water partition coefficient (Wildman–Crippen LogP) is 4.46. The smallest absolute Gasteiger partial charge is 0.340 e. The summed E-state index contributed by atoms with van der Waals surface area (Å²) in [5, 5.41) is 0.686. The number of aromatic nitrogens is 1. The number of ether oxygens (including phenoxy) is 3. The Kier molecular flexibility index (Phi) is 6.34. The molecule has 0 saturated heterocycles. The fourth-order valence-corrected chi connectivity index (χ4v) is 3.07. The predicted molar refractivity (Wildman–Crippen MR) is 112 cm³/mol. The van der Waals surface area contributed by atoms with Crippen LogP contribution in [0.1, 0.15) is 35.5 Å². The topological polar surface area (TPSA) is 77.6 Å². The number of carbonyl (C=O) groups excluding carboxylic acids is 2. The molecule has 1 aromatic heterocycles. The second kappa shape index (κ2) is 9.10. The first-order valence-corrected chi connectivity index (χ1v) is 9.40. The lowest BCUT2D eigenvalue weighted by Crippen LogP contribution is -2.12. The minimum Gasteiger partial charge on any atom is -0.497 e. The average molecular weight is 393 g/mol. The van der Waals surface area contributed by atoms with E-state index in [0.29, 0.717) is 22.4 Å². The van der Waals surface area contributed by atoms with Gasteiger partial charge in [-0.05, 0) is 43.7 Å². The standard InChI is InChI=1S/C23H23NO5/c1-4-28-22(25)18(14-15-10-12-16(27-3)13-11-15)21-20(23(26)29-5-2)17-8-6-7-9-19(17)24-21/h6-14,24H,4-5H2,1-3H3/b18-14-. The second-order valence-corrected chi connectivity index (χ2v) is 6.19. The van der Waals surface area contributed by atoms with Crippen molar-refractivity contribution in [3.63, 3.8) is 0 Å². The summed E-state index contributed by atoms with van der Waals surface area (Å²) >= 11 is 0. The summed E-state index contributed by atoms with van der Waals surface area (Å²) in [5.41, 5.74) is 2.43. The molecule has 150 valence electrons. The van der Waals surface area contributed by atoms with Gasteiger partial charge in [-0.2, -0.15) is 0 Å². The molecule has 0 radical (unpaired) electrons. The summed E-state index contributed by atoms with van der Waals surface area (Å²) in [6.07, 6.45) is 1.69. The van der Waals surface area contributed by atoms with E-state index in [1.54, 1.807) is 39.2 Å². The molecule has 1 heterocycles. The molecule has 0 amide bonds. The van der Waals surface area contributed by atoms with E-state index < -0.39 is 11.9 Å². The molecular formula is C23H23NO5. The fraction of sp³-hybridized carbons (Fsp3) is 0.217. The fourth-order valence-electron chi connectivity index (χ4n) is 3.07. The van der Waals surface area contributed by atoms with Crippen LogP contribution in [0.3, 0.4) is 0 Å². The molecule has 0 unspecified atom stereocenters. The number of methoxy groups -OCH3 is 1. The maximum absolute atomic E-state index is 12.8. The monoisotopic (exact) mass is 393 g/mol. The lowest BCUT2D eigenvalue weighted by atomic mass is 10.0. The van der Waals surface area contributed by atoms with Crippen LogP contribution < -0.4 is 4.74 Å². The van der Waals surface area contributed by atoms with Gasteiger partial charge in [-0.1, -0.05) is 30.3 Å². The molecule has 0 aliphatic heterocycles. The summed E-state index contributed by atoms with van der Waals surface area (Å²) < 4.78 is 15.7. The third-order valence-electron chi connectivity index (χ3n) is 4.38.